The lowest BCUT2D eigenvalue weighted by Gasteiger charge is -2.13. The van der Waals surface area contributed by atoms with Gasteiger partial charge in [-0.25, -0.2) is 9.67 Å². The Labute approximate surface area is 108 Å². The first-order chi connectivity index (χ1) is 8.61. The predicted octanol–water partition coefficient (Wildman–Crippen LogP) is 3.10. The molecule has 0 atom stereocenters. The van der Waals surface area contributed by atoms with E-state index in [4.69, 9.17) is 4.74 Å². The lowest BCUT2D eigenvalue weighted by Crippen LogP contribution is -2.02. The minimum Gasteiger partial charge on any atom is -0.492 e. The summed E-state index contributed by atoms with van der Waals surface area (Å²) in [4.78, 5) is 4.15. The highest BCUT2D eigenvalue weighted by molar-refractivity contribution is 5.48. The summed E-state index contributed by atoms with van der Waals surface area (Å²) >= 11 is 0. The highest BCUT2D eigenvalue weighted by atomic mass is 16.5. The van der Waals surface area contributed by atoms with Gasteiger partial charge in [-0.05, 0) is 37.5 Å². The second-order valence-electron chi connectivity index (χ2n) is 4.55. The zero-order valence-corrected chi connectivity index (χ0v) is 11.3. The summed E-state index contributed by atoms with van der Waals surface area (Å²) in [5.41, 5.74) is 2.20. The summed E-state index contributed by atoms with van der Waals surface area (Å²) in [6.07, 6.45) is 1.71. The van der Waals surface area contributed by atoms with Crippen molar-refractivity contribution in [2.45, 2.75) is 33.6 Å². The van der Waals surface area contributed by atoms with E-state index in [-0.39, 0.29) is 0 Å². The van der Waals surface area contributed by atoms with E-state index in [1.54, 1.807) is 11.0 Å². The van der Waals surface area contributed by atoms with Crippen LogP contribution in [-0.2, 0) is 0 Å². The Kier molecular flexibility index (Phi) is 3.65. The number of benzene rings is 1. The summed E-state index contributed by atoms with van der Waals surface area (Å²) in [5, 5.41) is 4.32. The van der Waals surface area contributed by atoms with Gasteiger partial charge in [0.2, 0.25) is 0 Å². The molecule has 4 nitrogen and oxygen atoms in total. The van der Waals surface area contributed by atoms with Crippen molar-refractivity contribution in [2.24, 2.45) is 0 Å². The van der Waals surface area contributed by atoms with Gasteiger partial charge in [-0.3, -0.25) is 0 Å². The van der Waals surface area contributed by atoms with E-state index in [0.29, 0.717) is 12.5 Å². The first-order valence-electron chi connectivity index (χ1n) is 6.27. The molecular weight excluding hydrogens is 226 g/mol. The van der Waals surface area contributed by atoms with Crippen LogP contribution in [0.15, 0.2) is 24.5 Å². The van der Waals surface area contributed by atoms with Crippen molar-refractivity contribution in [1.29, 1.82) is 0 Å². The average Bonchev–Trinajstić information content (AvgIpc) is 2.76. The average molecular weight is 245 g/mol. The Morgan fingerprint density at radius 3 is 2.67 bits per heavy atom. The number of nitrogens with zero attached hydrogens (tertiary/aromatic N) is 3. The fraction of sp³-hybridized carbons (Fsp3) is 0.429. The van der Waals surface area contributed by atoms with E-state index in [0.717, 1.165) is 17.3 Å². The molecule has 18 heavy (non-hydrogen) atoms. The van der Waals surface area contributed by atoms with Crippen LogP contribution in [0.5, 0.6) is 5.75 Å². The molecule has 0 aliphatic heterocycles. The van der Waals surface area contributed by atoms with Gasteiger partial charge in [-0.2, -0.15) is 5.10 Å². The van der Waals surface area contributed by atoms with Crippen molar-refractivity contribution < 1.29 is 4.74 Å². The normalized spacial score (nSPS) is 10.9. The van der Waals surface area contributed by atoms with Crippen LogP contribution in [0.4, 0.5) is 0 Å². The molecule has 1 heterocycles. The van der Waals surface area contributed by atoms with Gasteiger partial charge in [0.15, 0.2) is 0 Å². The SMILES string of the molecule is CCOc1cc(C(C)C)ccc1-n1cnc(C)n1. The van der Waals surface area contributed by atoms with Gasteiger partial charge in [0.1, 0.15) is 23.6 Å². The number of hydrogen-bond donors (Lipinski definition) is 0. The van der Waals surface area contributed by atoms with Gasteiger partial charge in [-0.1, -0.05) is 19.9 Å². The maximum absolute atomic E-state index is 5.70. The number of rotatable bonds is 4. The number of aromatic nitrogens is 3. The lowest BCUT2D eigenvalue weighted by molar-refractivity contribution is 0.338. The summed E-state index contributed by atoms with van der Waals surface area (Å²) in [6, 6.07) is 6.23. The lowest BCUT2D eigenvalue weighted by atomic mass is 10.0. The van der Waals surface area contributed by atoms with Gasteiger partial charge >= 0.3 is 0 Å². The molecule has 0 saturated heterocycles. The van der Waals surface area contributed by atoms with Crippen molar-refractivity contribution >= 4 is 0 Å². The fourth-order valence-corrected chi connectivity index (χ4v) is 1.81. The third-order valence-corrected chi connectivity index (χ3v) is 2.80. The van der Waals surface area contributed by atoms with Crippen LogP contribution in [0.3, 0.4) is 0 Å². The summed E-state index contributed by atoms with van der Waals surface area (Å²) < 4.78 is 7.46. The number of aryl methyl sites for hydroxylation is 1. The third-order valence-electron chi connectivity index (χ3n) is 2.80. The van der Waals surface area contributed by atoms with Gasteiger partial charge < -0.3 is 4.74 Å². The second kappa shape index (κ2) is 5.21. The first-order valence-corrected chi connectivity index (χ1v) is 6.27. The molecule has 2 rings (SSSR count). The van der Waals surface area contributed by atoms with Crippen LogP contribution >= 0.6 is 0 Å². The van der Waals surface area contributed by atoms with Crippen LogP contribution in [0.1, 0.15) is 38.1 Å². The van der Waals surface area contributed by atoms with Gasteiger partial charge in [-0.15, -0.1) is 0 Å². The van der Waals surface area contributed by atoms with Crippen molar-refractivity contribution in [3.8, 4) is 11.4 Å². The van der Waals surface area contributed by atoms with E-state index in [2.05, 4.69) is 36.1 Å². The van der Waals surface area contributed by atoms with Crippen molar-refractivity contribution in [3.63, 3.8) is 0 Å². The fourth-order valence-electron chi connectivity index (χ4n) is 1.81. The van der Waals surface area contributed by atoms with E-state index < -0.39 is 0 Å². The molecule has 4 heteroatoms. The second-order valence-corrected chi connectivity index (χ2v) is 4.55. The van der Waals surface area contributed by atoms with Crippen molar-refractivity contribution in [1.82, 2.24) is 14.8 Å². The van der Waals surface area contributed by atoms with E-state index in [1.165, 1.54) is 5.56 Å². The molecule has 0 bridgehead atoms. The zero-order valence-electron chi connectivity index (χ0n) is 11.3. The third kappa shape index (κ3) is 2.53. The molecule has 1 aromatic heterocycles. The maximum Gasteiger partial charge on any atom is 0.147 e. The molecule has 0 amide bonds. The summed E-state index contributed by atoms with van der Waals surface area (Å²) in [7, 11) is 0. The quantitative estimate of drug-likeness (QED) is 0.831. The van der Waals surface area contributed by atoms with Crippen LogP contribution in [0.2, 0.25) is 0 Å². The smallest absolute Gasteiger partial charge is 0.147 e. The van der Waals surface area contributed by atoms with Gasteiger partial charge in [0.05, 0.1) is 6.61 Å². The Hall–Kier alpha value is -1.84. The van der Waals surface area contributed by atoms with Crippen LogP contribution in [-0.4, -0.2) is 21.4 Å². The molecule has 96 valence electrons. The minimum atomic E-state index is 0.482. The topological polar surface area (TPSA) is 39.9 Å². The molecular formula is C14H19N3O. The van der Waals surface area contributed by atoms with Gasteiger partial charge in [0, 0.05) is 0 Å². The molecule has 0 spiro atoms. The highest BCUT2D eigenvalue weighted by Crippen LogP contribution is 2.27. The highest BCUT2D eigenvalue weighted by Gasteiger charge is 2.10. The Bertz CT molecular complexity index is 532. The Morgan fingerprint density at radius 1 is 1.33 bits per heavy atom. The van der Waals surface area contributed by atoms with E-state index in [1.807, 2.05) is 19.9 Å². The summed E-state index contributed by atoms with van der Waals surface area (Å²) in [6.45, 7) is 8.84. The standard InChI is InChI=1S/C14H19N3O/c1-5-18-14-8-12(10(2)3)6-7-13(14)17-9-15-11(4)16-17/h6-10H,5H2,1-4H3. The van der Waals surface area contributed by atoms with E-state index in [9.17, 15) is 0 Å². The minimum absolute atomic E-state index is 0.482. The Morgan fingerprint density at radius 2 is 2.11 bits per heavy atom. The Balaban J connectivity index is 2.46. The molecule has 0 fully saturated rings. The largest absolute Gasteiger partial charge is 0.492 e. The number of ether oxygens (including phenoxy) is 1. The van der Waals surface area contributed by atoms with E-state index >= 15 is 0 Å². The monoisotopic (exact) mass is 245 g/mol. The van der Waals surface area contributed by atoms with Crippen molar-refractivity contribution in [2.75, 3.05) is 6.61 Å². The molecule has 0 unspecified atom stereocenters. The predicted molar refractivity (Wildman–Crippen MR) is 71.4 cm³/mol. The molecule has 1 aromatic carbocycles. The molecule has 0 radical (unpaired) electrons. The molecule has 0 saturated carbocycles. The van der Waals surface area contributed by atoms with Crippen LogP contribution in [0, 0.1) is 6.92 Å². The number of hydrogen-bond acceptors (Lipinski definition) is 3. The first kappa shape index (κ1) is 12.6. The molecule has 0 N–H and O–H groups in total. The molecule has 0 aliphatic carbocycles. The summed E-state index contributed by atoms with van der Waals surface area (Å²) in [5.74, 6) is 2.09. The van der Waals surface area contributed by atoms with Crippen LogP contribution in [0.25, 0.3) is 5.69 Å². The molecule has 0 aliphatic rings. The molecule has 2 aromatic rings. The van der Waals surface area contributed by atoms with Crippen LogP contribution < -0.4 is 4.74 Å². The van der Waals surface area contributed by atoms with Crippen molar-refractivity contribution in [3.05, 3.63) is 35.9 Å². The zero-order chi connectivity index (χ0) is 13.1. The maximum atomic E-state index is 5.70. The van der Waals surface area contributed by atoms with Gasteiger partial charge in [0.25, 0.3) is 0 Å².